The highest BCUT2D eigenvalue weighted by atomic mass is 31.2. The van der Waals surface area contributed by atoms with Crippen molar-refractivity contribution in [3.63, 3.8) is 0 Å². The van der Waals surface area contributed by atoms with Crippen molar-refractivity contribution in [3.8, 4) is 0 Å². The molecule has 0 saturated carbocycles. The zero-order valence-electron chi connectivity index (χ0n) is 61.3. The van der Waals surface area contributed by atoms with Crippen LogP contribution in [0.25, 0.3) is 0 Å². The SMILES string of the molecule is CCCCCCCCCCCCCCCCCCCCC(=O)O[C@H](COC(=O)CCCCCCCCCCCC(C)C)COP(=O)(O)OC[C@@H](O)COP(=O)(O)OC[C@@H](COC(=O)CCCCCCCCCCCCCC)OC(=O)CCCCCCCCCCCC(C)C. The van der Waals surface area contributed by atoms with E-state index >= 15 is 0 Å². The van der Waals surface area contributed by atoms with Gasteiger partial charge in [0.2, 0.25) is 0 Å². The Kier molecular flexibility index (Phi) is 65.5. The van der Waals surface area contributed by atoms with Crippen molar-refractivity contribution in [1.29, 1.82) is 0 Å². The van der Waals surface area contributed by atoms with Crippen LogP contribution in [0.2, 0.25) is 0 Å². The van der Waals surface area contributed by atoms with Crippen molar-refractivity contribution in [1.82, 2.24) is 0 Å². The zero-order chi connectivity index (χ0) is 69.3. The van der Waals surface area contributed by atoms with Crippen molar-refractivity contribution < 1.29 is 80.2 Å². The molecule has 0 spiro atoms. The average Bonchev–Trinajstić information content (AvgIpc) is 1.36. The Morgan fingerprint density at radius 1 is 0.287 bits per heavy atom. The maximum Gasteiger partial charge on any atom is 0.472 e. The highest BCUT2D eigenvalue weighted by Gasteiger charge is 2.30. The summed E-state index contributed by atoms with van der Waals surface area (Å²) in [5.74, 6) is -0.636. The summed E-state index contributed by atoms with van der Waals surface area (Å²) >= 11 is 0. The number of aliphatic hydroxyl groups is 1. The molecule has 0 aromatic carbocycles. The highest BCUT2D eigenvalue weighted by molar-refractivity contribution is 7.47. The van der Waals surface area contributed by atoms with Gasteiger partial charge in [0.25, 0.3) is 0 Å². The number of unbranched alkanes of at least 4 members (excludes halogenated alkanes) is 44. The molecule has 558 valence electrons. The standard InChI is InChI=1S/C75H146O17P2/c1-7-9-11-13-15-17-19-21-22-23-24-25-26-28-34-41-47-53-59-74(79)91-70(64-86-73(78)58-52-46-40-35-29-31-37-43-49-55-67(3)4)65-89-93(81,82)87-61-69(76)62-88-94(83,84)90-66-71(92-75(80)60-54-48-42-36-30-32-38-44-50-56-68(5)6)63-85-72(77)57-51-45-39-33-27-20-18-16-14-12-10-8-2/h67-71,76H,7-66H2,1-6H3,(H,81,82)(H,83,84)/t69-,70-,71-/m1/s1. The van der Waals surface area contributed by atoms with Crippen LogP contribution in [-0.2, 0) is 65.4 Å². The number of phosphoric acid groups is 2. The van der Waals surface area contributed by atoms with Crippen LogP contribution in [0.4, 0.5) is 0 Å². The summed E-state index contributed by atoms with van der Waals surface area (Å²) < 4.78 is 68.5. The molecule has 17 nitrogen and oxygen atoms in total. The van der Waals surface area contributed by atoms with Crippen molar-refractivity contribution in [2.45, 2.75) is 407 Å². The van der Waals surface area contributed by atoms with E-state index in [0.717, 1.165) is 102 Å². The summed E-state index contributed by atoms with van der Waals surface area (Å²) in [5, 5.41) is 10.6. The largest absolute Gasteiger partial charge is 0.472 e. The molecule has 0 aromatic rings. The monoisotopic (exact) mass is 1380 g/mol. The number of ether oxygens (including phenoxy) is 4. The van der Waals surface area contributed by atoms with E-state index in [4.69, 9.17) is 37.0 Å². The Labute approximate surface area is 575 Å². The number of aliphatic hydroxyl groups excluding tert-OH is 1. The molecule has 0 heterocycles. The van der Waals surface area contributed by atoms with Gasteiger partial charge >= 0.3 is 39.5 Å². The molecular weight excluding hydrogens is 1230 g/mol. The van der Waals surface area contributed by atoms with Crippen molar-refractivity contribution in [3.05, 3.63) is 0 Å². The van der Waals surface area contributed by atoms with E-state index in [2.05, 4.69) is 41.5 Å². The minimum Gasteiger partial charge on any atom is -0.462 e. The second-order valence-corrected chi connectivity index (χ2v) is 30.9. The molecule has 0 aromatic heterocycles. The van der Waals surface area contributed by atoms with Crippen LogP contribution in [0, 0.1) is 11.8 Å². The average molecular weight is 1380 g/mol. The molecule has 0 aliphatic carbocycles. The van der Waals surface area contributed by atoms with Crippen molar-refractivity contribution >= 4 is 39.5 Å². The Balaban J connectivity index is 5.24. The van der Waals surface area contributed by atoms with Gasteiger partial charge in [-0.15, -0.1) is 0 Å². The molecule has 0 bridgehead atoms. The van der Waals surface area contributed by atoms with Gasteiger partial charge in [0, 0.05) is 25.7 Å². The lowest BCUT2D eigenvalue weighted by Gasteiger charge is -2.21. The van der Waals surface area contributed by atoms with Gasteiger partial charge in [-0.1, -0.05) is 337 Å². The molecule has 0 amide bonds. The molecule has 0 saturated heterocycles. The summed E-state index contributed by atoms with van der Waals surface area (Å²) in [4.78, 5) is 72.8. The second kappa shape index (κ2) is 66.9. The first kappa shape index (κ1) is 92.1. The quantitative estimate of drug-likeness (QED) is 0.0222. The van der Waals surface area contributed by atoms with Crippen LogP contribution in [-0.4, -0.2) is 96.7 Å². The molecular formula is C75H146O17P2. The Hall–Kier alpha value is -1.94. The molecule has 0 radical (unpaired) electrons. The summed E-state index contributed by atoms with van der Waals surface area (Å²) in [6, 6.07) is 0. The van der Waals surface area contributed by atoms with E-state index in [1.807, 2.05) is 0 Å². The second-order valence-electron chi connectivity index (χ2n) is 28.0. The molecule has 19 heteroatoms. The van der Waals surface area contributed by atoms with Gasteiger partial charge in [-0.2, -0.15) is 0 Å². The van der Waals surface area contributed by atoms with Crippen LogP contribution in [0.1, 0.15) is 388 Å². The first-order valence-electron chi connectivity index (χ1n) is 39.0. The molecule has 0 aliphatic rings. The topological polar surface area (TPSA) is 237 Å². The normalized spacial score (nSPS) is 14.0. The number of rotatable bonds is 74. The lowest BCUT2D eigenvalue weighted by molar-refractivity contribution is -0.161. The maximum absolute atomic E-state index is 13.1. The number of hydrogen-bond donors (Lipinski definition) is 3. The van der Waals surface area contributed by atoms with E-state index in [9.17, 15) is 43.2 Å². The maximum atomic E-state index is 13.1. The zero-order valence-corrected chi connectivity index (χ0v) is 63.1. The third-order valence-corrected chi connectivity index (χ3v) is 19.4. The molecule has 3 N–H and O–H groups in total. The number of carbonyl (C=O) groups excluding carboxylic acids is 4. The summed E-state index contributed by atoms with van der Waals surface area (Å²) in [6.45, 7) is 9.55. The van der Waals surface area contributed by atoms with E-state index in [1.165, 1.54) is 205 Å². The van der Waals surface area contributed by atoms with E-state index in [-0.39, 0.29) is 25.7 Å². The summed E-state index contributed by atoms with van der Waals surface area (Å²) in [7, 11) is -9.91. The predicted octanol–water partition coefficient (Wildman–Crippen LogP) is 21.9. The third kappa shape index (κ3) is 68.6. The van der Waals surface area contributed by atoms with E-state index in [1.54, 1.807) is 0 Å². The van der Waals surface area contributed by atoms with E-state index in [0.29, 0.717) is 25.7 Å². The van der Waals surface area contributed by atoms with Crippen LogP contribution in [0.15, 0.2) is 0 Å². The Morgan fingerprint density at radius 3 is 0.723 bits per heavy atom. The lowest BCUT2D eigenvalue weighted by atomic mass is 10.0. The number of esters is 4. The third-order valence-electron chi connectivity index (χ3n) is 17.5. The molecule has 2 unspecified atom stereocenters. The Morgan fingerprint density at radius 2 is 0.489 bits per heavy atom. The molecule has 94 heavy (non-hydrogen) atoms. The van der Waals surface area contributed by atoms with Gasteiger partial charge < -0.3 is 33.8 Å². The van der Waals surface area contributed by atoms with Crippen LogP contribution in [0.5, 0.6) is 0 Å². The van der Waals surface area contributed by atoms with Crippen molar-refractivity contribution in [2.24, 2.45) is 11.8 Å². The Bertz CT molecular complexity index is 1820. The van der Waals surface area contributed by atoms with Gasteiger partial charge in [0.1, 0.15) is 19.3 Å². The molecule has 5 atom stereocenters. The minimum atomic E-state index is -4.96. The van der Waals surface area contributed by atoms with Gasteiger partial charge in [-0.05, 0) is 37.5 Å². The number of hydrogen-bond acceptors (Lipinski definition) is 15. The lowest BCUT2D eigenvalue weighted by Crippen LogP contribution is -2.30. The summed E-state index contributed by atoms with van der Waals surface area (Å²) in [6.07, 6.45) is 54.1. The van der Waals surface area contributed by atoms with Gasteiger partial charge in [-0.25, -0.2) is 9.13 Å². The van der Waals surface area contributed by atoms with Gasteiger partial charge in [0.15, 0.2) is 12.2 Å². The number of phosphoric ester groups is 2. The minimum absolute atomic E-state index is 0.106. The predicted molar refractivity (Wildman–Crippen MR) is 381 cm³/mol. The fourth-order valence-corrected chi connectivity index (χ4v) is 13.1. The van der Waals surface area contributed by atoms with Gasteiger partial charge in [-0.3, -0.25) is 37.3 Å². The fraction of sp³-hybridized carbons (Fsp3) is 0.947. The van der Waals surface area contributed by atoms with Crippen LogP contribution < -0.4 is 0 Å². The van der Waals surface area contributed by atoms with Crippen molar-refractivity contribution in [2.75, 3.05) is 39.6 Å². The van der Waals surface area contributed by atoms with Crippen LogP contribution in [0.3, 0.4) is 0 Å². The number of carbonyl (C=O) groups is 4. The van der Waals surface area contributed by atoms with Crippen LogP contribution >= 0.6 is 15.6 Å². The summed E-state index contributed by atoms with van der Waals surface area (Å²) in [5.41, 5.74) is 0. The molecule has 0 fully saturated rings. The first-order valence-corrected chi connectivity index (χ1v) is 42.0. The highest BCUT2D eigenvalue weighted by Crippen LogP contribution is 2.45. The first-order chi connectivity index (χ1) is 45.4. The molecule has 0 rings (SSSR count). The van der Waals surface area contributed by atoms with Gasteiger partial charge in [0.05, 0.1) is 26.4 Å². The smallest absolute Gasteiger partial charge is 0.462 e. The molecule has 0 aliphatic heterocycles. The van der Waals surface area contributed by atoms with E-state index < -0.39 is 97.5 Å². The fourth-order valence-electron chi connectivity index (χ4n) is 11.5.